The average molecular weight is 331 g/mol. The zero-order chi connectivity index (χ0) is 13.3. The Labute approximate surface area is 117 Å². The van der Waals surface area contributed by atoms with Gasteiger partial charge in [0.2, 0.25) is 5.91 Å². The van der Waals surface area contributed by atoms with Crippen LogP contribution in [0.25, 0.3) is 0 Å². The first-order valence-corrected chi connectivity index (χ1v) is 6.96. The van der Waals surface area contributed by atoms with E-state index in [4.69, 9.17) is 0 Å². The lowest BCUT2D eigenvalue weighted by molar-refractivity contribution is -0.117. The van der Waals surface area contributed by atoms with Crippen molar-refractivity contribution in [1.82, 2.24) is 4.98 Å². The van der Waals surface area contributed by atoms with Gasteiger partial charge in [0.05, 0.1) is 0 Å². The highest BCUT2D eigenvalue weighted by atomic mass is 79.9. The fourth-order valence-corrected chi connectivity index (χ4v) is 3.06. The number of amides is 1. The number of aromatic nitrogens is 1. The Balaban J connectivity index is 2.19. The number of nitrogens with zero attached hydrogens (tertiary/aromatic N) is 2. The lowest BCUT2D eigenvalue weighted by atomic mass is 10.4. The van der Waals surface area contributed by atoms with Crippen molar-refractivity contribution in [2.24, 2.45) is 0 Å². The highest BCUT2D eigenvalue weighted by Crippen LogP contribution is 2.33. The molecule has 1 fully saturated rings. The topological polar surface area (TPSA) is 70.5 Å². The molecule has 1 atom stereocenters. The van der Waals surface area contributed by atoms with E-state index in [1.54, 1.807) is 0 Å². The van der Waals surface area contributed by atoms with Gasteiger partial charge in [-0.3, -0.25) is 14.5 Å². The summed E-state index contributed by atoms with van der Waals surface area (Å²) in [6.45, 7) is 1.87. The zero-order valence-electron chi connectivity index (χ0n) is 9.59. The van der Waals surface area contributed by atoms with E-state index in [2.05, 4.69) is 20.9 Å². The van der Waals surface area contributed by atoms with E-state index in [0.29, 0.717) is 17.4 Å². The molecule has 0 bridgehead atoms. The number of carbonyl (C=O) groups excluding carboxylic acids is 2. The van der Waals surface area contributed by atoms with Gasteiger partial charge in [0, 0.05) is 35.8 Å². The number of hydrogen-bond donors (Lipinski definition) is 1. The first kappa shape index (κ1) is 13.4. The summed E-state index contributed by atoms with van der Waals surface area (Å²) in [5, 5.41) is 9.70. The van der Waals surface area contributed by atoms with E-state index >= 15 is 0 Å². The molecule has 1 amide bonds. The summed E-state index contributed by atoms with van der Waals surface area (Å²) in [7, 11) is 0. The molecular weight excluding hydrogens is 320 g/mol. The minimum absolute atomic E-state index is 0.0114. The predicted molar refractivity (Wildman–Crippen MR) is 72.6 cm³/mol. The fraction of sp³-hybridized carbons (Fsp3) is 0.364. The summed E-state index contributed by atoms with van der Waals surface area (Å²) in [5.74, 6) is 0.0694. The van der Waals surface area contributed by atoms with Crippen LogP contribution in [-0.4, -0.2) is 32.9 Å². The molecule has 1 N–H and O–H groups in total. The van der Waals surface area contributed by atoms with Crippen molar-refractivity contribution in [2.75, 3.05) is 11.4 Å². The van der Waals surface area contributed by atoms with Crippen LogP contribution in [0.5, 0.6) is 5.75 Å². The van der Waals surface area contributed by atoms with Crippen molar-refractivity contribution in [3.63, 3.8) is 0 Å². The van der Waals surface area contributed by atoms with Gasteiger partial charge in [-0.05, 0) is 22.0 Å². The molecule has 18 heavy (non-hydrogen) atoms. The molecule has 1 aliphatic rings. The van der Waals surface area contributed by atoms with Crippen molar-refractivity contribution in [3.8, 4) is 5.75 Å². The summed E-state index contributed by atoms with van der Waals surface area (Å²) in [6, 6.07) is 1.49. The second-order valence-corrected chi connectivity index (χ2v) is 6.33. The van der Waals surface area contributed by atoms with Gasteiger partial charge in [-0.1, -0.05) is 11.8 Å². The molecule has 0 radical (unpaired) electrons. The molecule has 0 aliphatic carbocycles. The summed E-state index contributed by atoms with van der Waals surface area (Å²) < 4.78 is 0.644. The van der Waals surface area contributed by atoms with Crippen LogP contribution >= 0.6 is 27.7 Å². The molecule has 96 valence electrons. The van der Waals surface area contributed by atoms with E-state index in [-0.39, 0.29) is 27.8 Å². The number of pyridine rings is 1. The first-order chi connectivity index (χ1) is 8.47. The van der Waals surface area contributed by atoms with E-state index in [1.165, 1.54) is 24.1 Å². The van der Waals surface area contributed by atoms with Crippen LogP contribution in [0.1, 0.15) is 13.3 Å². The predicted octanol–water partition coefficient (Wildman–Crippen LogP) is 1.93. The number of halogens is 1. The van der Waals surface area contributed by atoms with Gasteiger partial charge in [0.1, 0.15) is 0 Å². The molecular formula is C11H11BrN2O3S. The SMILES string of the molecule is CC(=O)SC1CC(=O)N(c2ncc(Br)cc2O)C1. The lowest BCUT2D eigenvalue weighted by Gasteiger charge is -2.16. The number of carbonyl (C=O) groups is 2. The third kappa shape index (κ3) is 2.84. The summed E-state index contributed by atoms with van der Waals surface area (Å²) >= 11 is 4.34. The van der Waals surface area contributed by atoms with Crippen molar-refractivity contribution >= 4 is 44.5 Å². The van der Waals surface area contributed by atoms with Gasteiger partial charge in [-0.25, -0.2) is 4.98 Å². The van der Waals surface area contributed by atoms with Crippen molar-refractivity contribution in [2.45, 2.75) is 18.6 Å². The smallest absolute Gasteiger partial charge is 0.229 e. The Hall–Kier alpha value is -1.08. The van der Waals surface area contributed by atoms with Gasteiger partial charge in [-0.15, -0.1) is 0 Å². The quantitative estimate of drug-likeness (QED) is 0.897. The fourth-order valence-electron chi connectivity index (χ4n) is 1.82. The molecule has 0 saturated carbocycles. The standard InChI is InChI=1S/C11H11BrN2O3S/c1-6(15)18-8-3-10(17)14(5-8)11-9(16)2-7(12)4-13-11/h2,4,8,16H,3,5H2,1H3. The summed E-state index contributed by atoms with van der Waals surface area (Å²) in [6.07, 6.45) is 1.81. The zero-order valence-corrected chi connectivity index (χ0v) is 12.0. The maximum Gasteiger partial charge on any atom is 0.229 e. The van der Waals surface area contributed by atoms with E-state index in [0.717, 1.165) is 11.8 Å². The van der Waals surface area contributed by atoms with E-state index in [9.17, 15) is 14.7 Å². The Kier molecular flexibility index (Phi) is 3.91. The van der Waals surface area contributed by atoms with Gasteiger partial charge in [-0.2, -0.15) is 0 Å². The molecule has 2 rings (SSSR count). The maximum atomic E-state index is 11.8. The normalized spacial score (nSPS) is 19.3. The third-order valence-corrected chi connectivity index (χ3v) is 3.91. The minimum Gasteiger partial charge on any atom is -0.504 e. The molecule has 1 aromatic heterocycles. The molecule has 0 aromatic carbocycles. The van der Waals surface area contributed by atoms with Crippen molar-refractivity contribution in [3.05, 3.63) is 16.7 Å². The number of aromatic hydroxyl groups is 1. The molecule has 1 saturated heterocycles. The monoisotopic (exact) mass is 330 g/mol. The molecule has 2 heterocycles. The molecule has 7 heteroatoms. The van der Waals surface area contributed by atoms with E-state index < -0.39 is 0 Å². The van der Waals surface area contributed by atoms with E-state index in [1.807, 2.05) is 0 Å². The Morgan fingerprint density at radius 2 is 2.39 bits per heavy atom. The molecule has 5 nitrogen and oxygen atoms in total. The van der Waals surface area contributed by atoms with Crippen LogP contribution in [0.2, 0.25) is 0 Å². The van der Waals surface area contributed by atoms with Gasteiger partial charge in [0.15, 0.2) is 16.7 Å². The van der Waals surface area contributed by atoms with Crippen LogP contribution in [0, 0.1) is 0 Å². The highest BCUT2D eigenvalue weighted by molar-refractivity contribution is 9.10. The molecule has 1 aliphatic heterocycles. The minimum atomic E-state index is -0.126. The van der Waals surface area contributed by atoms with Crippen LogP contribution in [0.15, 0.2) is 16.7 Å². The van der Waals surface area contributed by atoms with Crippen molar-refractivity contribution in [1.29, 1.82) is 0 Å². The molecule has 1 unspecified atom stereocenters. The maximum absolute atomic E-state index is 11.8. The number of anilines is 1. The first-order valence-electron chi connectivity index (χ1n) is 5.29. The number of hydrogen-bond acceptors (Lipinski definition) is 5. The summed E-state index contributed by atoms with van der Waals surface area (Å²) in [4.78, 5) is 28.3. The van der Waals surface area contributed by atoms with Crippen LogP contribution in [0.4, 0.5) is 5.82 Å². The lowest BCUT2D eigenvalue weighted by Crippen LogP contribution is -2.26. The Morgan fingerprint density at radius 3 is 3.00 bits per heavy atom. The van der Waals surface area contributed by atoms with Crippen LogP contribution in [-0.2, 0) is 9.59 Å². The Bertz CT molecular complexity index is 509. The third-order valence-electron chi connectivity index (χ3n) is 2.49. The molecule has 0 spiro atoms. The van der Waals surface area contributed by atoms with Gasteiger partial charge >= 0.3 is 0 Å². The van der Waals surface area contributed by atoms with Crippen LogP contribution < -0.4 is 4.90 Å². The van der Waals surface area contributed by atoms with Gasteiger partial charge in [0.25, 0.3) is 0 Å². The number of rotatable bonds is 2. The van der Waals surface area contributed by atoms with Crippen molar-refractivity contribution < 1.29 is 14.7 Å². The second-order valence-electron chi connectivity index (χ2n) is 3.94. The average Bonchev–Trinajstić information content (AvgIpc) is 2.58. The molecule has 1 aromatic rings. The highest BCUT2D eigenvalue weighted by Gasteiger charge is 2.33. The van der Waals surface area contributed by atoms with Gasteiger partial charge < -0.3 is 5.11 Å². The summed E-state index contributed by atoms with van der Waals surface area (Å²) in [5.41, 5.74) is 0. The number of thioether (sulfide) groups is 1. The largest absolute Gasteiger partial charge is 0.504 e. The van der Waals surface area contributed by atoms with Crippen LogP contribution in [0.3, 0.4) is 0 Å². The second kappa shape index (κ2) is 5.27. The Morgan fingerprint density at radius 1 is 1.67 bits per heavy atom.